The van der Waals surface area contributed by atoms with Crippen molar-refractivity contribution in [1.29, 1.82) is 0 Å². The molecule has 0 saturated heterocycles. The molecule has 1 heterocycles. The molecule has 6 nitrogen and oxygen atoms in total. The van der Waals surface area contributed by atoms with Crippen LogP contribution in [0.2, 0.25) is 0 Å². The Morgan fingerprint density at radius 2 is 1.55 bits per heavy atom. The highest BCUT2D eigenvalue weighted by molar-refractivity contribution is 7.98. The van der Waals surface area contributed by atoms with Crippen LogP contribution in [0.5, 0.6) is 0 Å². The zero-order valence-electron chi connectivity index (χ0n) is 16.7. The van der Waals surface area contributed by atoms with E-state index in [1.54, 1.807) is 36.0 Å². The van der Waals surface area contributed by atoms with E-state index in [4.69, 9.17) is 0 Å². The Labute approximate surface area is 182 Å². The van der Waals surface area contributed by atoms with Crippen molar-refractivity contribution in [2.75, 3.05) is 5.32 Å². The van der Waals surface area contributed by atoms with E-state index in [2.05, 4.69) is 22.5 Å². The fourth-order valence-electron chi connectivity index (χ4n) is 3.26. The number of hydrogen-bond acceptors (Lipinski definition) is 4. The predicted molar refractivity (Wildman–Crippen MR) is 125 cm³/mol. The van der Waals surface area contributed by atoms with E-state index in [-0.39, 0.29) is 30.0 Å². The normalized spacial score (nSPS) is 10.8. The van der Waals surface area contributed by atoms with E-state index in [0.717, 1.165) is 16.3 Å². The lowest BCUT2D eigenvalue weighted by molar-refractivity contribution is -0.116. The molecule has 2 N–H and O–H groups in total. The van der Waals surface area contributed by atoms with Crippen LogP contribution in [-0.2, 0) is 17.1 Å². The van der Waals surface area contributed by atoms with E-state index in [1.165, 1.54) is 10.2 Å². The Balaban J connectivity index is 1.43. The molecule has 0 bridgehead atoms. The van der Waals surface area contributed by atoms with E-state index in [0.29, 0.717) is 10.8 Å². The van der Waals surface area contributed by atoms with E-state index in [1.807, 2.05) is 42.5 Å². The molecule has 1 aromatic heterocycles. The standard InChI is InChI=1S/C24H21N3O3S/c28-22(14-15-27-24(30)19-11-5-4-10-18(19)23(29)26-27)25-20-12-6-7-13-21(20)31-16-17-8-2-1-3-9-17/h1-13H,14-16H2,(H,25,28)(H,26,29). The number of carbonyl (C=O) groups excluding carboxylic acids is 1. The highest BCUT2D eigenvalue weighted by atomic mass is 32.2. The van der Waals surface area contributed by atoms with Crippen molar-refractivity contribution in [3.8, 4) is 0 Å². The Morgan fingerprint density at radius 1 is 0.871 bits per heavy atom. The lowest BCUT2D eigenvalue weighted by Crippen LogP contribution is -2.31. The number of nitrogens with zero attached hydrogens (tertiary/aromatic N) is 1. The summed E-state index contributed by atoms with van der Waals surface area (Å²) in [5.74, 6) is 0.565. The maximum Gasteiger partial charge on any atom is 0.273 e. The van der Waals surface area contributed by atoms with Crippen molar-refractivity contribution >= 4 is 34.1 Å². The van der Waals surface area contributed by atoms with Crippen LogP contribution in [0.4, 0.5) is 5.69 Å². The predicted octanol–water partition coefficient (Wildman–Crippen LogP) is 4.01. The van der Waals surface area contributed by atoms with Gasteiger partial charge in [-0.3, -0.25) is 19.5 Å². The second kappa shape index (κ2) is 9.49. The minimum Gasteiger partial charge on any atom is -0.325 e. The molecule has 0 fully saturated rings. The monoisotopic (exact) mass is 431 g/mol. The third kappa shape index (κ3) is 4.95. The number of anilines is 1. The fourth-order valence-corrected chi connectivity index (χ4v) is 4.23. The Morgan fingerprint density at radius 3 is 2.35 bits per heavy atom. The van der Waals surface area contributed by atoms with Crippen molar-refractivity contribution in [3.05, 3.63) is 105 Å². The smallest absolute Gasteiger partial charge is 0.273 e. The van der Waals surface area contributed by atoms with Crippen LogP contribution in [0.1, 0.15) is 12.0 Å². The number of rotatable bonds is 7. The molecule has 0 unspecified atom stereocenters. The van der Waals surface area contributed by atoms with Gasteiger partial charge in [0.05, 0.1) is 23.0 Å². The van der Waals surface area contributed by atoms with Crippen molar-refractivity contribution in [2.24, 2.45) is 0 Å². The summed E-state index contributed by atoms with van der Waals surface area (Å²) >= 11 is 1.64. The van der Waals surface area contributed by atoms with Crippen LogP contribution >= 0.6 is 11.8 Å². The number of carbonyl (C=O) groups is 1. The van der Waals surface area contributed by atoms with Crippen LogP contribution in [0.15, 0.2) is 93.3 Å². The van der Waals surface area contributed by atoms with Crippen molar-refractivity contribution in [1.82, 2.24) is 9.78 Å². The maximum absolute atomic E-state index is 12.6. The van der Waals surface area contributed by atoms with E-state index in [9.17, 15) is 14.4 Å². The zero-order valence-corrected chi connectivity index (χ0v) is 17.5. The molecule has 0 aliphatic heterocycles. The summed E-state index contributed by atoms with van der Waals surface area (Å²) in [6.45, 7) is 0.0874. The minimum absolute atomic E-state index is 0.0614. The summed E-state index contributed by atoms with van der Waals surface area (Å²) in [5.41, 5.74) is 1.26. The number of amides is 1. The quantitative estimate of drug-likeness (QED) is 0.433. The summed E-state index contributed by atoms with van der Waals surface area (Å²) in [4.78, 5) is 38.3. The molecule has 156 valence electrons. The largest absolute Gasteiger partial charge is 0.325 e. The van der Waals surface area contributed by atoms with Gasteiger partial charge < -0.3 is 5.32 Å². The number of aryl methyl sites for hydroxylation is 1. The van der Waals surface area contributed by atoms with Crippen LogP contribution in [0.3, 0.4) is 0 Å². The average Bonchev–Trinajstić information content (AvgIpc) is 2.80. The van der Waals surface area contributed by atoms with Gasteiger partial charge in [-0.25, -0.2) is 4.68 Å². The number of aromatic amines is 1. The number of para-hydroxylation sites is 1. The number of nitrogens with one attached hydrogen (secondary N) is 2. The van der Waals surface area contributed by atoms with Gasteiger partial charge in [0.15, 0.2) is 0 Å². The number of aromatic nitrogens is 2. The van der Waals surface area contributed by atoms with Crippen LogP contribution in [-0.4, -0.2) is 15.7 Å². The number of fused-ring (bicyclic) bond motifs is 1. The summed E-state index contributed by atoms with van der Waals surface area (Å²) < 4.78 is 1.19. The minimum atomic E-state index is -0.349. The van der Waals surface area contributed by atoms with Crippen molar-refractivity contribution in [2.45, 2.75) is 23.6 Å². The third-order valence-corrected chi connectivity index (χ3v) is 5.99. The molecule has 0 radical (unpaired) electrons. The molecular weight excluding hydrogens is 410 g/mol. The van der Waals surface area contributed by atoms with Gasteiger partial charge in [-0.2, -0.15) is 0 Å². The van der Waals surface area contributed by atoms with Crippen molar-refractivity contribution < 1.29 is 4.79 Å². The van der Waals surface area contributed by atoms with Crippen LogP contribution in [0.25, 0.3) is 10.8 Å². The van der Waals surface area contributed by atoms with Gasteiger partial charge in [0, 0.05) is 17.1 Å². The van der Waals surface area contributed by atoms with Gasteiger partial charge in [-0.1, -0.05) is 54.6 Å². The van der Waals surface area contributed by atoms with Gasteiger partial charge >= 0.3 is 0 Å². The molecule has 0 aliphatic rings. The number of hydrogen-bond donors (Lipinski definition) is 2. The van der Waals surface area contributed by atoms with Crippen LogP contribution in [0, 0.1) is 0 Å². The molecule has 0 saturated carbocycles. The molecule has 4 aromatic rings. The lowest BCUT2D eigenvalue weighted by Gasteiger charge is -2.11. The summed E-state index contributed by atoms with van der Waals surface area (Å²) in [6.07, 6.45) is 0.0614. The molecule has 31 heavy (non-hydrogen) atoms. The molecule has 7 heteroatoms. The fraction of sp³-hybridized carbons (Fsp3) is 0.125. The van der Waals surface area contributed by atoms with E-state index >= 15 is 0 Å². The first kappa shape index (κ1) is 20.7. The molecule has 0 spiro atoms. The van der Waals surface area contributed by atoms with Gasteiger partial charge in [0.2, 0.25) is 5.91 Å². The second-order valence-electron chi connectivity index (χ2n) is 7.01. The third-order valence-electron chi connectivity index (χ3n) is 4.84. The number of H-pyrrole nitrogens is 1. The highest BCUT2D eigenvalue weighted by Gasteiger charge is 2.10. The SMILES string of the molecule is O=C(CCn1[nH]c(=O)c2ccccc2c1=O)Nc1ccccc1SCc1ccccc1. The topological polar surface area (TPSA) is 84.0 Å². The Kier molecular flexibility index (Phi) is 6.33. The second-order valence-corrected chi connectivity index (χ2v) is 8.03. The molecular formula is C24H21N3O3S. The van der Waals surface area contributed by atoms with Crippen LogP contribution < -0.4 is 16.4 Å². The molecule has 1 amide bonds. The molecule has 3 aromatic carbocycles. The van der Waals surface area contributed by atoms with Gasteiger partial charge in [0.25, 0.3) is 11.1 Å². The summed E-state index contributed by atoms with van der Waals surface area (Å²) in [6, 6.07) is 24.4. The molecule has 0 aliphatic carbocycles. The first-order valence-corrected chi connectivity index (χ1v) is 10.9. The Bertz CT molecular complexity index is 1330. The first-order valence-electron chi connectivity index (χ1n) is 9.89. The molecule has 4 rings (SSSR count). The van der Waals surface area contributed by atoms with Gasteiger partial charge in [-0.05, 0) is 29.8 Å². The van der Waals surface area contributed by atoms with Crippen molar-refractivity contribution in [3.63, 3.8) is 0 Å². The summed E-state index contributed by atoms with van der Waals surface area (Å²) in [7, 11) is 0. The lowest BCUT2D eigenvalue weighted by atomic mass is 10.2. The zero-order chi connectivity index (χ0) is 21.6. The molecule has 0 atom stereocenters. The first-order chi connectivity index (χ1) is 15.1. The average molecular weight is 432 g/mol. The number of thioether (sulfide) groups is 1. The number of benzene rings is 3. The summed E-state index contributed by atoms with van der Waals surface area (Å²) in [5, 5.41) is 6.16. The van der Waals surface area contributed by atoms with E-state index < -0.39 is 0 Å². The van der Waals surface area contributed by atoms with Gasteiger partial charge in [0.1, 0.15) is 0 Å². The van der Waals surface area contributed by atoms with Gasteiger partial charge in [-0.15, -0.1) is 11.8 Å². The Hall–Kier alpha value is -3.58. The highest BCUT2D eigenvalue weighted by Crippen LogP contribution is 2.29. The maximum atomic E-state index is 12.6.